The molecular formula is C16H16N4O3S2. The number of carboxylic acid groups (broad SMARTS) is 1. The number of hydrogen-bond acceptors (Lipinski definition) is 6. The Kier molecular flexibility index (Phi) is 4.69. The van der Waals surface area contributed by atoms with E-state index in [1.807, 2.05) is 12.3 Å². The van der Waals surface area contributed by atoms with Crippen LogP contribution in [0.4, 0.5) is 0 Å². The van der Waals surface area contributed by atoms with Crippen molar-refractivity contribution in [2.75, 3.05) is 0 Å². The molecule has 0 bridgehead atoms. The van der Waals surface area contributed by atoms with Crippen LogP contribution in [0.2, 0.25) is 0 Å². The van der Waals surface area contributed by atoms with Gasteiger partial charge in [-0.25, -0.2) is 14.8 Å². The molecular weight excluding hydrogens is 360 g/mol. The molecule has 3 aromatic rings. The molecule has 0 saturated heterocycles. The Morgan fingerprint density at radius 1 is 1.32 bits per heavy atom. The number of aryl methyl sites for hydroxylation is 2. The Hall–Kier alpha value is -2.52. The van der Waals surface area contributed by atoms with Gasteiger partial charge in [0.25, 0.3) is 5.91 Å². The van der Waals surface area contributed by atoms with Crippen molar-refractivity contribution in [1.82, 2.24) is 20.3 Å². The average molecular weight is 376 g/mol. The Morgan fingerprint density at radius 3 is 2.68 bits per heavy atom. The lowest BCUT2D eigenvalue weighted by Gasteiger charge is -2.10. The zero-order chi connectivity index (χ0) is 18.1. The van der Waals surface area contributed by atoms with Crippen molar-refractivity contribution in [2.45, 2.75) is 26.8 Å². The van der Waals surface area contributed by atoms with E-state index in [2.05, 4.69) is 20.3 Å². The van der Waals surface area contributed by atoms with Crippen molar-refractivity contribution < 1.29 is 14.7 Å². The highest BCUT2D eigenvalue weighted by Gasteiger charge is 2.20. The Balaban J connectivity index is 1.73. The summed E-state index contributed by atoms with van der Waals surface area (Å²) in [6, 6.07) is 1.35. The Bertz CT molecular complexity index is 941. The number of carbonyl (C=O) groups excluding carboxylic acids is 1. The summed E-state index contributed by atoms with van der Waals surface area (Å²) in [5, 5.41) is 15.4. The maximum Gasteiger partial charge on any atom is 0.347 e. The standard InChI is InChI=1S/C16H16N4O3S2/c1-7-13(16(22)23)25-15(19-7)8(2)18-14(21)11-4-10(5-17-11)12-6-24-9(3)20-12/h4-6,8,17H,1-3H3,(H,18,21)(H,22,23). The van der Waals surface area contributed by atoms with Gasteiger partial charge in [-0.2, -0.15) is 0 Å². The number of carbonyl (C=O) groups is 2. The van der Waals surface area contributed by atoms with Crippen LogP contribution in [0.5, 0.6) is 0 Å². The van der Waals surface area contributed by atoms with Gasteiger partial charge >= 0.3 is 5.97 Å². The van der Waals surface area contributed by atoms with Crippen molar-refractivity contribution in [2.24, 2.45) is 0 Å². The van der Waals surface area contributed by atoms with Gasteiger partial charge in [0.1, 0.15) is 15.6 Å². The third-order valence-corrected chi connectivity index (χ3v) is 5.67. The fourth-order valence-corrected chi connectivity index (χ4v) is 3.84. The number of rotatable bonds is 5. The van der Waals surface area contributed by atoms with Crippen molar-refractivity contribution >= 4 is 34.6 Å². The topological polar surface area (TPSA) is 108 Å². The smallest absolute Gasteiger partial charge is 0.347 e. The molecule has 3 heterocycles. The number of hydrogen-bond donors (Lipinski definition) is 3. The predicted octanol–water partition coefficient (Wildman–Crippen LogP) is 3.40. The molecule has 3 N–H and O–H groups in total. The number of carboxylic acids is 1. The fraction of sp³-hybridized carbons (Fsp3) is 0.250. The van der Waals surface area contributed by atoms with Crippen LogP contribution in [-0.4, -0.2) is 31.9 Å². The molecule has 0 saturated carbocycles. The Morgan fingerprint density at radius 2 is 2.08 bits per heavy atom. The van der Waals surface area contributed by atoms with Crippen LogP contribution < -0.4 is 5.32 Å². The highest BCUT2D eigenvalue weighted by Crippen LogP contribution is 2.25. The molecule has 0 spiro atoms. The van der Waals surface area contributed by atoms with Crippen LogP contribution in [0, 0.1) is 13.8 Å². The summed E-state index contributed by atoms with van der Waals surface area (Å²) in [4.78, 5) is 35.3. The Labute approximate surface area is 151 Å². The summed E-state index contributed by atoms with van der Waals surface area (Å²) >= 11 is 2.62. The second kappa shape index (κ2) is 6.77. The van der Waals surface area contributed by atoms with E-state index in [1.165, 1.54) is 0 Å². The lowest BCUT2D eigenvalue weighted by molar-refractivity contribution is 0.0701. The third kappa shape index (κ3) is 3.62. The molecule has 3 aromatic heterocycles. The lowest BCUT2D eigenvalue weighted by Crippen LogP contribution is -2.26. The minimum absolute atomic E-state index is 0.192. The van der Waals surface area contributed by atoms with E-state index >= 15 is 0 Å². The second-order valence-electron chi connectivity index (χ2n) is 5.52. The molecule has 1 amide bonds. The maximum atomic E-state index is 12.4. The third-order valence-electron chi connectivity index (χ3n) is 3.57. The largest absolute Gasteiger partial charge is 0.477 e. The quantitative estimate of drug-likeness (QED) is 0.632. The summed E-state index contributed by atoms with van der Waals surface area (Å²) in [7, 11) is 0. The van der Waals surface area contributed by atoms with Crippen LogP contribution in [0.1, 0.15) is 48.8 Å². The summed E-state index contributed by atoms with van der Waals surface area (Å²) in [5.74, 6) is -1.29. The summed E-state index contributed by atoms with van der Waals surface area (Å²) in [6.07, 6.45) is 1.74. The molecule has 25 heavy (non-hydrogen) atoms. The van der Waals surface area contributed by atoms with Gasteiger partial charge in [-0.3, -0.25) is 4.79 Å². The van der Waals surface area contributed by atoms with E-state index < -0.39 is 12.0 Å². The van der Waals surface area contributed by atoms with Gasteiger partial charge in [0.15, 0.2) is 0 Å². The summed E-state index contributed by atoms with van der Waals surface area (Å²) < 4.78 is 0. The van der Waals surface area contributed by atoms with E-state index in [4.69, 9.17) is 5.11 Å². The van der Waals surface area contributed by atoms with Gasteiger partial charge in [-0.05, 0) is 26.8 Å². The number of H-pyrrole nitrogens is 1. The first-order chi connectivity index (χ1) is 11.8. The molecule has 0 aliphatic heterocycles. The maximum absolute atomic E-state index is 12.4. The average Bonchev–Trinajstić information content (AvgIpc) is 3.25. The zero-order valence-corrected chi connectivity index (χ0v) is 15.4. The lowest BCUT2D eigenvalue weighted by atomic mass is 10.2. The van der Waals surface area contributed by atoms with E-state index in [-0.39, 0.29) is 10.8 Å². The van der Waals surface area contributed by atoms with Gasteiger partial charge in [0, 0.05) is 17.1 Å². The summed E-state index contributed by atoms with van der Waals surface area (Å²) in [6.45, 7) is 5.35. The van der Waals surface area contributed by atoms with Crippen LogP contribution in [0.3, 0.4) is 0 Å². The molecule has 0 aromatic carbocycles. The van der Waals surface area contributed by atoms with Gasteiger partial charge < -0.3 is 15.4 Å². The van der Waals surface area contributed by atoms with Gasteiger partial charge in [0.05, 0.1) is 22.4 Å². The van der Waals surface area contributed by atoms with E-state index in [0.717, 1.165) is 27.6 Å². The van der Waals surface area contributed by atoms with Crippen LogP contribution in [-0.2, 0) is 0 Å². The number of thiazole rings is 2. The van der Waals surface area contributed by atoms with Gasteiger partial charge in [-0.15, -0.1) is 22.7 Å². The van der Waals surface area contributed by atoms with Crippen LogP contribution in [0.25, 0.3) is 11.3 Å². The minimum Gasteiger partial charge on any atom is -0.477 e. The van der Waals surface area contributed by atoms with Crippen LogP contribution in [0.15, 0.2) is 17.6 Å². The molecule has 9 heteroatoms. The molecule has 0 radical (unpaired) electrons. The molecule has 130 valence electrons. The molecule has 3 rings (SSSR count). The first-order valence-corrected chi connectivity index (χ1v) is 9.17. The van der Waals surface area contributed by atoms with Crippen molar-refractivity contribution in [3.05, 3.63) is 43.9 Å². The van der Waals surface area contributed by atoms with Gasteiger partial charge in [-0.1, -0.05) is 0 Å². The zero-order valence-electron chi connectivity index (χ0n) is 13.8. The second-order valence-corrected chi connectivity index (χ2v) is 7.61. The van der Waals surface area contributed by atoms with Gasteiger partial charge in [0.2, 0.25) is 0 Å². The summed E-state index contributed by atoms with van der Waals surface area (Å²) in [5.41, 5.74) is 2.54. The predicted molar refractivity (Wildman–Crippen MR) is 96.3 cm³/mol. The first-order valence-electron chi connectivity index (χ1n) is 7.47. The van der Waals surface area contributed by atoms with E-state index in [0.29, 0.717) is 16.4 Å². The number of aromatic nitrogens is 3. The molecule has 0 aliphatic rings. The first kappa shape index (κ1) is 17.3. The number of aromatic amines is 1. The highest BCUT2D eigenvalue weighted by molar-refractivity contribution is 7.13. The normalized spacial score (nSPS) is 12.1. The SMILES string of the molecule is Cc1nc(-c2c[nH]c(C(=O)NC(C)c3nc(C)c(C(=O)O)s3)c2)cs1. The molecule has 7 nitrogen and oxygen atoms in total. The molecule has 0 aliphatic carbocycles. The van der Waals surface area contributed by atoms with Crippen molar-refractivity contribution in [3.63, 3.8) is 0 Å². The number of nitrogens with one attached hydrogen (secondary N) is 2. The number of amides is 1. The fourth-order valence-electron chi connectivity index (χ4n) is 2.31. The van der Waals surface area contributed by atoms with Crippen molar-refractivity contribution in [1.29, 1.82) is 0 Å². The molecule has 0 fully saturated rings. The van der Waals surface area contributed by atoms with Crippen molar-refractivity contribution in [3.8, 4) is 11.3 Å². The van der Waals surface area contributed by atoms with E-state index in [1.54, 1.807) is 37.4 Å². The number of aromatic carboxylic acids is 1. The number of nitrogens with zero attached hydrogens (tertiary/aromatic N) is 2. The van der Waals surface area contributed by atoms with E-state index in [9.17, 15) is 9.59 Å². The highest BCUT2D eigenvalue weighted by atomic mass is 32.1. The molecule has 1 unspecified atom stereocenters. The minimum atomic E-state index is -1.01. The molecule has 1 atom stereocenters. The monoisotopic (exact) mass is 376 g/mol. The van der Waals surface area contributed by atoms with Crippen LogP contribution >= 0.6 is 22.7 Å².